The topological polar surface area (TPSA) is 91.9 Å². The minimum atomic E-state index is -4.69. The molecule has 2 aromatic carbocycles. The Hall–Kier alpha value is -3.80. The van der Waals surface area contributed by atoms with Gasteiger partial charge in [0.2, 0.25) is 0 Å². The molecule has 202 valence electrons. The van der Waals surface area contributed by atoms with Gasteiger partial charge >= 0.3 is 18.2 Å². The van der Waals surface area contributed by atoms with Gasteiger partial charge in [-0.2, -0.15) is 0 Å². The van der Waals surface area contributed by atoms with Crippen molar-refractivity contribution >= 4 is 5.82 Å². The molecular weight excluding hydrogens is 505 g/mol. The van der Waals surface area contributed by atoms with Crippen LogP contribution in [0, 0.1) is 10.1 Å². The van der Waals surface area contributed by atoms with E-state index in [0.717, 1.165) is 31.5 Å². The summed E-state index contributed by atoms with van der Waals surface area (Å²) in [5.41, 5.74) is 1.51. The number of alkyl halides is 3. The molecule has 12 heteroatoms. The Balaban J connectivity index is 1.07. The lowest BCUT2D eigenvalue weighted by Crippen LogP contribution is -2.38. The second-order valence-corrected chi connectivity index (χ2v) is 9.92. The average Bonchev–Trinajstić information content (AvgIpc) is 3.40. The third-order valence-electron chi connectivity index (χ3n) is 6.80. The first kappa shape index (κ1) is 25.8. The van der Waals surface area contributed by atoms with E-state index in [2.05, 4.69) is 26.8 Å². The maximum atomic E-state index is 12.3. The van der Waals surface area contributed by atoms with Crippen molar-refractivity contribution in [3.63, 3.8) is 0 Å². The number of likely N-dealkylation sites (tertiary alicyclic amines) is 1. The minimum absolute atomic E-state index is 0.213. The molecule has 1 aromatic heterocycles. The van der Waals surface area contributed by atoms with E-state index in [0.29, 0.717) is 24.8 Å². The van der Waals surface area contributed by atoms with Gasteiger partial charge in [0.25, 0.3) is 0 Å². The van der Waals surface area contributed by atoms with E-state index >= 15 is 0 Å². The molecule has 0 bridgehead atoms. The fourth-order valence-electron chi connectivity index (χ4n) is 4.91. The molecule has 9 nitrogen and oxygen atoms in total. The zero-order valence-electron chi connectivity index (χ0n) is 20.7. The molecule has 3 heterocycles. The Labute approximate surface area is 216 Å². The van der Waals surface area contributed by atoms with E-state index in [4.69, 9.17) is 9.47 Å². The molecular formula is C26H27F3N4O5. The Morgan fingerprint density at radius 3 is 2.37 bits per heavy atom. The van der Waals surface area contributed by atoms with Crippen LogP contribution in [0.3, 0.4) is 0 Å². The zero-order valence-corrected chi connectivity index (χ0v) is 20.7. The van der Waals surface area contributed by atoms with Gasteiger partial charge in [-0.15, -0.1) is 13.2 Å². The van der Waals surface area contributed by atoms with Crippen molar-refractivity contribution in [1.82, 2.24) is 14.5 Å². The summed E-state index contributed by atoms with van der Waals surface area (Å²) in [6, 6.07) is 14.3. The summed E-state index contributed by atoms with van der Waals surface area (Å²) in [4.78, 5) is 16.5. The second-order valence-electron chi connectivity index (χ2n) is 9.92. The van der Waals surface area contributed by atoms with Gasteiger partial charge in [0.1, 0.15) is 24.3 Å². The van der Waals surface area contributed by atoms with Gasteiger partial charge in [0, 0.05) is 11.5 Å². The number of hydrogen-bond acceptors (Lipinski definition) is 7. The summed E-state index contributed by atoms with van der Waals surface area (Å²) >= 11 is 0. The first-order chi connectivity index (χ1) is 18.1. The van der Waals surface area contributed by atoms with Gasteiger partial charge in [-0.3, -0.25) is 9.47 Å². The molecule has 0 aliphatic carbocycles. The summed E-state index contributed by atoms with van der Waals surface area (Å²) in [5.74, 6) is 0.684. The molecule has 5 rings (SSSR count). The quantitative estimate of drug-likeness (QED) is 0.287. The van der Waals surface area contributed by atoms with Crippen LogP contribution in [0.25, 0.3) is 0 Å². The molecule has 0 saturated carbocycles. The summed E-state index contributed by atoms with van der Waals surface area (Å²) in [6.45, 7) is 5.02. The van der Waals surface area contributed by atoms with E-state index in [1.807, 2.05) is 19.1 Å². The van der Waals surface area contributed by atoms with Crippen LogP contribution in [0.1, 0.15) is 36.8 Å². The first-order valence-corrected chi connectivity index (χ1v) is 12.3. The number of aromatic nitrogens is 2. The van der Waals surface area contributed by atoms with Gasteiger partial charge in [-0.05, 0) is 79.1 Å². The number of hydrogen-bond donors (Lipinski definition) is 0. The maximum absolute atomic E-state index is 12.3. The van der Waals surface area contributed by atoms with Crippen LogP contribution in [0.2, 0.25) is 0 Å². The van der Waals surface area contributed by atoms with Crippen LogP contribution in [-0.4, -0.2) is 51.0 Å². The lowest BCUT2D eigenvalue weighted by Gasteiger charge is -2.32. The van der Waals surface area contributed by atoms with Gasteiger partial charge in [0.15, 0.2) is 5.60 Å². The lowest BCUT2D eigenvalue weighted by atomic mass is 9.89. The Morgan fingerprint density at radius 1 is 1.11 bits per heavy atom. The van der Waals surface area contributed by atoms with Crippen LogP contribution in [0.5, 0.6) is 17.5 Å². The normalized spacial score (nSPS) is 20.1. The molecule has 38 heavy (non-hydrogen) atoms. The van der Waals surface area contributed by atoms with E-state index in [9.17, 15) is 23.3 Å². The van der Waals surface area contributed by atoms with Gasteiger partial charge in [-0.25, -0.2) is 0 Å². The van der Waals surface area contributed by atoms with E-state index < -0.39 is 16.9 Å². The third-order valence-corrected chi connectivity index (χ3v) is 6.80. The van der Waals surface area contributed by atoms with Gasteiger partial charge in [-0.1, -0.05) is 24.3 Å². The molecule has 1 fully saturated rings. The summed E-state index contributed by atoms with van der Waals surface area (Å²) < 4.78 is 54.3. The Kier molecular flexibility index (Phi) is 6.91. The average molecular weight is 533 g/mol. The Bertz CT molecular complexity index is 1250. The van der Waals surface area contributed by atoms with Crippen molar-refractivity contribution in [2.75, 3.05) is 19.7 Å². The standard InChI is InChI=1S/C26H27F3N4O5/c1-25(16-32-15-23(33(34)35)30-24(32)38-25)17-36-21-8-4-19(5-9-21)20-10-12-31(13-11-20)14-18-2-6-22(7-3-18)37-26(27,28)29/h2-9,15,20H,10-14,16-17H2,1H3/t25-/m1/s1. The predicted molar refractivity (Wildman–Crippen MR) is 130 cm³/mol. The molecule has 0 radical (unpaired) electrons. The van der Waals surface area contributed by atoms with E-state index in [-0.39, 0.29) is 24.2 Å². The van der Waals surface area contributed by atoms with E-state index in [1.54, 1.807) is 16.7 Å². The van der Waals surface area contributed by atoms with Crippen LogP contribution < -0.4 is 14.2 Å². The first-order valence-electron chi connectivity index (χ1n) is 12.3. The molecule has 0 unspecified atom stereocenters. The largest absolute Gasteiger partial charge is 0.573 e. The van der Waals surface area contributed by atoms with Crippen molar-refractivity contribution in [1.29, 1.82) is 0 Å². The second kappa shape index (κ2) is 10.2. The number of fused-ring (bicyclic) bond motifs is 1. The number of nitrogens with zero attached hydrogens (tertiary/aromatic N) is 4. The molecule has 0 N–H and O–H groups in total. The van der Waals surface area contributed by atoms with Crippen molar-refractivity contribution < 1.29 is 32.3 Å². The fourth-order valence-corrected chi connectivity index (χ4v) is 4.91. The van der Waals surface area contributed by atoms with Crippen LogP contribution in [0.4, 0.5) is 19.0 Å². The highest BCUT2D eigenvalue weighted by atomic mass is 19.4. The van der Waals surface area contributed by atoms with Crippen LogP contribution in [0.15, 0.2) is 54.7 Å². The SMILES string of the molecule is C[C@]1(COc2ccc(C3CCN(Cc4ccc(OC(F)(F)F)cc4)CC3)cc2)Cn2cc([N+](=O)[O-])nc2O1. The number of nitro groups is 1. The molecule has 1 saturated heterocycles. The number of rotatable bonds is 8. The molecule has 3 aromatic rings. The molecule has 0 amide bonds. The van der Waals surface area contributed by atoms with Crippen LogP contribution >= 0.6 is 0 Å². The highest BCUT2D eigenvalue weighted by Crippen LogP contribution is 2.33. The smallest absolute Gasteiger partial charge is 0.489 e. The molecule has 2 aliphatic rings. The third kappa shape index (κ3) is 6.18. The summed E-state index contributed by atoms with van der Waals surface area (Å²) in [6.07, 6.45) is -1.35. The summed E-state index contributed by atoms with van der Waals surface area (Å²) in [7, 11) is 0. The molecule has 2 aliphatic heterocycles. The van der Waals surface area contributed by atoms with E-state index in [1.165, 1.54) is 23.9 Å². The zero-order chi connectivity index (χ0) is 26.9. The maximum Gasteiger partial charge on any atom is 0.573 e. The molecule has 1 atom stereocenters. The van der Waals surface area contributed by atoms with Crippen LogP contribution in [-0.2, 0) is 13.1 Å². The Morgan fingerprint density at radius 2 is 1.76 bits per heavy atom. The number of imidazole rings is 1. The highest BCUT2D eigenvalue weighted by Gasteiger charge is 2.41. The number of halogens is 3. The lowest BCUT2D eigenvalue weighted by molar-refractivity contribution is -0.389. The number of ether oxygens (including phenoxy) is 3. The van der Waals surface area contributed by atoms with Gasteiger partial charge in [0.05, 0.1) is 6.54 Å². The molecule has 0 spiro atoms. The highest BCUT2D eigenvalue weighted by molar-refractivity contribution is 5.31. The number of benzene rings is 2. The van der Waals surface area contributed by atoms with Crippen molar-refractivity contribution in [3.8, 4) is 17.5 Å². The number of piperidine rings is 1. The predicted octanol–water partition coefficient (Wildman–Crippen LogP) is 5.30. The van der Waals surface area contributed by atoms with Crippen molar-refractivity contribution in [2.24, 2.45) is 0 Å². The fraction of sp³-hybridized carbons (Fsp3) is 0.423. The summed E-state index contributed by atoms with van der Waals surface area (Å²) in [5, 5.41) is 10.9. The monoisotopic (exact) mass is 532 g/mol. The van der Waals surface area contributed by atoms with Gasteiger partial charge < -0.3 is 24.3 Å². The van der Waals surface area contributed by atoms with Crippen molar-refractivity contribution in [2.45, 2.75) is 50.7 Å². The minimum Gasteiger partial charge on any atom is -0.489 e. The van der Waals surface area contributed by atoms with Crippen molar-refractivity contribution in [3.05, 3.63) is 76.0 Å².